The number of amides is 3. The summed E-state index contributed by atoms with van der Waals surface area (Å²) in [6.07, 6.45) is 1.35. The molecule has 3 amide bonds. The Hall–Kier alpha value is -4.12. The minimum absolute atomic E-state index is 0.124. The molecule has 11 heteroatoms. The lowest BCUT2D eigenvalue weighted by Crippen LogP contribution is -2.43. The summed E-state index contributed by atoms with van der Waals surface area (Å²) < 4.78 is 21.3. The predicted octanol–water partition coefficient (Wildman–Crippen LogP) is 1.03. The normalized spacial score (nSPS) is 13.3. The third-order valence-electron chi connectivity index (χ3n) is 4.84. The topological polar surface area (TPSA) is 128 Å². The highest BCUT2D eigenvalue weighted by molar-refractivity contribution is 6.39. The predicted molar refractivity (Wildman–Crippen MR) is 123 cm³/mol. The minimum atomic E-state index is -0.948. The molecule has 1 fully saturated rings. The van der Waals surface area contributed by atoms with E-state index in [0.29, 0.717) is 54.8 Å². The number of hydrazone groups is 1. The van der Waals surface area contributed by atoms with Crippen LogP contribution in [0.5, 0.6) is 17.2 Å². The molecule has 11 nitrogen and oxygen atoms in total. The Labute approximate surface area is 196 Å². The number of morpholine rings is 1. The Balaban J connectivity index is 1.53. The second-order valence-electron chi connectivity index (χ2n) is 7.05. The van der Waals surface area contributed by atoms with Crippen molar-refractivity contribution >= 4 is 29.6 Å². The summed E-state index contributed by atoms with van der Waals surface area (Å²) in [5.41, 5.74) is 3.10. The standard InChI is InChI=1S/C23H26N4O7/c1-31-18-6-4-3-5-17(18)25-22(29)23(30)26-24-14-16-7-8-19(20(13-16)32-2)34-15-21(28)27-9-11-33-12-10-27/h3-8,13-14H,9-12,15H2,1-2H3,(H,25,29)(H,26,30)/b24-14-. The van der Waals surface area contributed by atoms with Crippen molar-refractivity contribution in [1.29, 1.82) is 0 Å². The lowest BCUT2D eigenvalue weighted by molar-refractivity contribution is -0.137. The molecule has 0 radical (unpaired) electrons. The average molecular weight is 470 g/mol. The van der Waals surface area contributed by atoms with Gasteiger partial charge in [-0.15, -0.1) is 0 Å². The first-order valence-corrected chi connectivity index (χ1v) is 10.5. The molecule has 2 N–H and O–H groups in total. The van der Waals surface area contributed by atoms with E-state index in [1.54, 1.807) is 47.4 Å². The quantitative estimate of drug-likeness (QED) is 0.335. The van der Waals surface area contributed by atoms with Gasteiger partial charge in [0.1, 0.15) is 5.75 Å². The number of ether oxygens (including phenoxy) is 4. The van der Waals surface area contributed by atoms with E-state index >= 15 is 0 Å². The lowest BCUT2D eigenvalue weighted by atomic mass is 10.2. The van der Waals surface area contributed by atoms with Gasteiger partial charge in [-0.2, -0.15) is 5.10 Å². The highest BCUT2D eigenvalue weighted by Crippen LogP contribution is 2.27. The molecule has 0 bridgehead atoms. The van der Waals surface area contributed by atoms with Crippen molar-refractivity contribution in [3.8, 4) is 17.2 Å². The number of carbonyl (C=O) groups is 3. The van der Waals surface area contributed by atoms with Crippen LogP contribution in [0, 0.1) is 0 Å². The third kappa shape index (κ3) is 6.69. The Morgan fingerprint density at radius 1 is 1.00 bits per heavy atom. The summed E-state index contributed by atoms with van der Waals surface area (Å²) in [4.78, 5) is 38.0. The number of benzene rings is 2. The number of rotatable bonds is 8. The first-order valence-electron chi connectivity index (χ1n) is 10.5. The van der Waals surface area contributed by atoms with Crippen LogP contribution in [0.3, 0.4) is 0 Å². The molecule has 1 saturated heterocycles. The van der Waals surface area contributed by atoms with E-state index in [1.807, 2.05) is 0 Å². The van der Waals surface area contributed by atoms with Crippen molar-refractivity contribution in [3.63, 3.8) is 0 Å². The van der Waals surface area contributed by atoms with Gasteiger partial charge in [0, 0.05) is 13.1 Å². The van der Waals surface area contributed by atoms with Crippen LogP contribution in [0.1, 0.15) is 5.56 Å². The summed E-state index contributed by atoms with van der Waals surface area (Å²) in [6, 6.07) is 11.6. The molecule has 0 atom stereocenters. The fourth-order valence-electron chi connectivity index (χ4n) is 3.07. The maximum absolute atomic E-state index is 12.3. The molecule has 1 aliphatic rings. The molecular weight excluding hydrogens is 444 g/mol. The largest absolute Gasteiger partial charge is 0.495 e. The zero-order valence-electron chi connectivity index (χ0n) is 18.9. The maximum atomic E-state index is 12.3. The van der Waals surface area contributed by atoms with Gasteiger partial charge in [0.2, 0.25) is 0 Å². The highest BCUT2D eigenvalue weighted by Gasteiger charge is 2.18. The summed E-state index contributed by atoms with van der Waals surface area (Å²) in [6.45, 7) is 1.99. The summed E-state index contributed by atoms with van der Waals surface area (Å²) >= 11 is 0. The number of methoxy groups -OCH3 is 2. The van der Waals surface area contributed by atoms with Gasteiger partial charge in [0.05, 0.1) is 39.3 Å². The summed E-state index contributed by atoms with van der Waals surface area (Å²) in [7, 11) is 2.93. The monoisotopic (exact) mass is 470 g/mol. The van der Waals surface area contributed by atoms with Crippen LogP contribution >= 0.6 is 0 Å². The van der Waals surface area contributed by atoms with Crippen LogP contribution in [0.2, 0.25) is 0 Å². The smallest absolute Gasteiger partial charge is 0.329 e. The molecule has 0 aliphatic carbocycles. The molecule has 0 unspecified atom stereocenters. The van der Waals surface area contributed by atoms with Gasteiger partial charge in [-0.25, -0.2) is 5.43 Å². The van der Waals surface area contributed by atoms with E-state index in [2.05, 4.69) is 15.8 Å². The molecule has 1 heterocycles. The van der Waals surface area contributed by atoms with E-state index < -0.39 is 11.8 Å². The van der Waals surface area contributed by atoms with Crippen LogP contribution in [-0.4, -0.2) is 76.0 Å². The van der Waals surface area contributed by atoms with Crippen molar-refractivity contribution < 1.29 is 33.3 Å². The number of hydrogen-bond donors (Lipinski definition) is 2. The number of nitrogens with one attached hydrogen (secondary N) is 2. The van der Waals surface area contributed by atoms with Gasteiger partial charge in [-0.1, -0.05) is 12.1 Å². The van der Waals surface area contributed by atoms with E-state index in [1.165, 1.54) is 20.4 Å². The minimum Gasteiger partial charge on any atom is -0.495 e. The number of carbonyl (C=O) groups excluding carboxylic acids is 3. The highest BCUT2D eigenvalue weighted by atomic mass is 16.5. The molecule has 3 rings (SSSR count). The van der Waals surface area contributed by atoms with Gasteiger partial charge < -0.3 is 29.2 Å². The van der Waals surface area contributed by atoms with E-state index in [0.717, 1.165) is 0 Å². The second kappa shape index (κ2) is 12.2. The van der Waals surface area contributed by atoms with Gasteiger partial charge in [0.15, 0.2) is 18.1 Å². The number of para-hydroxylation sites is 2. The fraction of sp³-hybridized carbons (Fsp3) is 0.304. The van der Waals surface area contributed by atoms with E-state index in [-0.39, 0.29) is 12.5 Å². The van der Waals surface area contributed by atoms with Gasteiger partial charge in [-0.05, 0) is 35.9 Å². The van der Waals surface area contributed by atoms with Crippen LogP contribution in [0.15, 0.2) is 47.6 Å². The Kier molecular flexibility index (Phi) is 8.81. The SMILES string of the molecule is COc1ccccc1NC(=O)C(=O)N/N=C\c1ccc(OCC(=O)N2CCOCC2)c(OC)c1. The van der Waals surface area contributed by atoms with Crippen LogP contribution in [0.4, 0.5) is 5.69 Å². The van der Waals surface area contributed by atoms with Crippen molar-refractivity contribution in [2.45, 2.75) is 0 Å². The second-order valence-corrected chi connectivity index (χ2v) is 7.05. The molecule has 0 saturated carbocycles. The first kappa shape index (κ1) is 24.5. The van der Waals surface area contributed by atoms with Gasteiger partial charge in [-0.3, -0.25) is 14.4 Å². The number of anilines is 1. The van der Waals surface area contributed by atoms with Crippen molar-refractivity contribution in [2.75, 3.05) is 52.4 Å². The number of hydrogen-bond acceptors (Lipinski definition) is 8. The molecule has 1 aliphatic heterocycles. The average Bonchev–Trinajstić information content (AvgIpc) is 2.88. The third-order valence-corrected chi connectivity index (χ3v) is 4.84. The van der Waals surface area contributed by atoms with Crippen molar-refractivity contribution in [3.05, 3.63) is 48.0 Å². The molecule has 34 heavy (non-hydrogen) atoms. The molecule has 0 spiro atoms. The number of nitrogens with zero attached hydrogens (tertiary/aromatic N) is 2. The van der Waals surface area contributed by atoms with Gasteiger partial charge in [0.25, 0.3) is 5.91 Å². The van der Waals surface area contributed by atoms with Crippen LogP contribution < -0.4 is 25.0 Å². The summed E-state index contributed by atoms with van der Waals surface area (Å²) in [5.74, 6) is -0.776. The lowest BCUT2D eigenvalue weighted by Gasteiger charge is -2.26. The maximum Gasteiger partial charge on any atom is 0.329 e. The molecular formula is C23H26N4O7. The van der Waals surface area contributed by atoms with E-state index in [4.69, 9.17) is 18.9 Å². The Morgan fingerprint density at radius 2 is 1.74 bits per heavy atom. The van der Waals surface area contributed by atoms with Crippen molar-refractivity contribution in [2.24, 2.45) is 5.10 Å². The molecule has 2 aromatic rings. The van der Waals surface area contributed by atoms with Crippen molar-refractivity contribution in [1.82, 2.24) is 10.3 Å². The molecule has 0 aromatic heterocycles. The van der Waals surface area contributed by atoms with E-state index in [9.17, 15) is 14.4 Å². The first-order chi connectivity index (χ1) is 16.5. The van der Waals surface area contributed by atoms with Crippen LogP contribution in [-0.2, 0) is 19.1 Å². The zero-order chi connectivity index (χ0) is 24.3. The molecule has 2 aromatic carbocycles. The fourth-order valence-corrected chi connectivity index (χ4v) is 3.07. The van der Waals surface area contributed by atoms with Crippen LogP contribution in [0.25, 0.3) is 0 Å². The summed E-state index contributed by atoms with van der Waals surface area (Å²) in [5, 5.41) is 6.26. The Morgan fingerprint density at radius 3 is 2.47 bits per heavy atom. The zero-order valence-corrected chi connectivity index (χ0v) is 18.9. The van der Waals surface area contributed by atoms with Gasteiger partial charge >= 0.3 is 11.8 Å². The molecule has 180 valence electrons. The Bertz CT molecular complexity index is 1050.